The van der Waals surface area contributed by atoms with Crippen LogP contribution in [0.2, 0.25) is 0 Å². The van der Waals surface area contributed by atoms with Gasteiger partial charge in [0.05, 0.1) is 16.1 Å². The van der Waals surface area contributed by atoms with E-state index in [2.05, 4.69) is 29.2 Å². The van der Waals surface area contributed by atoms with Gasteiger partial charge in [0.25, 0.3) is 0 Å². The van der Waals surface area contributed by atoms with Crippen LogP contribution in [0.15, 0.2) is 24.8 Å². The van der Waals surface area contributed by atoms with Crippen molar-refractivity contribution in [3.8, 4) is 0 Å². The molecular weight excluding hydrogens is 331 g/mol. The molecule has 0 N–H and O–H groups in total. The molecule has 0 saturated carbocycles. The fraction of sp³-hybridized carbons (Fsp3) is 0.615. The quantitative estimate of drug-likeness (QED) is 0.305. The van der Waals surface area contributed by atoms with Crippen LogP contribution < -0.4 is 0 Å². The molecule has 0 radical (unpaired) electrons. The minimum Gasteiger partial charge on any atom is -0.346 e. The second kappa shape index (κ2) is 8.00. The van der Waals surface area contributed by atoms with Crippen molar-refractivity contribution < 1.29 is 14.3 Å². The van der Waals surface area contributed by atoms with Gasteiger partial charge in [-0.1, -0.05) is 35.2 Å². The Kier molecular flexibility index (Phi) is 7.91. The zero-order valence-electron chi connectivity index (χ0n) is 10.9. The number of ketones is 1. The molecule has 0 aromatic heterocycles. The summed E-state index contributed by atoms with van der Waals surface area (Å²) in [6, 6.07) is 0. The summed E-state index contributed by atoms with van der Waals surface area (Å²) in [7, 11) is 0. The van der Waals surface area contributed by atoms with E-state index in [0.29, 0.717) is 0 Å². The molecule has 0 fully saturated rings. The number of halogens is 1. The number of rotatable bonds is 7. The molecule has 0 saturated heterocycles. The van der Waals surface area contributed by atoms with Crippen molar-refractivity contribution >= 4 is 28.4 Å². The van der Waals surface area contributed by atoms with E-state index in [4.69, 9.17) is 9.47 Å². The van der Waals surface area contributed by atoms with Crippen molar-refractivity contribution in [3.63, 3.8) is 0 Å². The maximum atomic E-state index is 11.0. The molecule has 98 valence electrons. The van der Waals surface area contributed by atoms with E-state index in [-0.39, 0.29) is 23.8 Å². The number of carbonyl (C=O) groups excluding carboxylic acids is 1. The van der Waals surface area contributed by atoms with Crippen molar-refractivity contribution in [1.82, 2.24) is 0 Å². The van der Waals surface area contributed by atoms with E-state index in [1.807, 2.05) is 27.7 Å². The first kappa shape index (κ1) is 16.8. The third kappa shape index (κ3) is 9.50. The molecule has 2 atom stereocenters. The Balaban J connectivity index is 4.24. The molecule has 3 nitrogen and oxygen atoms in total. The van der Waals surface area contributed by atoms with Crippen molar-refractivity contribution in [2.45, 2.75) is 45.7 Å². The van der Waals surface area contributed by atoms with Crippen molar-refractivity contribution in [2.75, 3.05) is 4.43 Å². The van der Waals surface area contributed by atoms with Crippen LogP contribution in [0.25, 0.3) is 0 Å². The van der Waals surface area contributed by atoms with Crippen LogP contribution >= 0.6 is 22.6 Å². The van der Waals surface area contributed by atoms with Gasteiger partial charge in [-0.25, -0.2) is 0 Å². The molecule has 0 heterocycles. The Morgan fingerprint density at radius 2 is 2.06 bits per heavy atom. The molecule has 2 unspecified atom stereocenters. The predicted octanol–water partition coefficient (Wildman–Crippen LogP) is 3.28. The van der Waals surface area contributed by atoms with Gasteiger partial charge < -0.3 is 9.47 Å². The Labute approximate surface area is 117 Å². The third-order valence-electron chi connectivity index (χ3n) is 1.71. The number of carbonyl (C=O) groups is 1. The lowest BCUT2D eigenvalue weighted by Gasteiger charge is -2.27. The van der Waals surface area contributed by atoms with Gasteiger partial charge in [-0.3, -0.25) is 4.79 Å². The van der Waals surface area contributed by atoms with E-state index >= 15 is 0 Å². The maximum absolute atomic E-state index is 11.0. The van der Waals surface area contributed by atoms with Gasteiger partial charge in [-0.15, -0.1) is 0 Å². The highest BCUT2D eigenvalue weighted by Crippen LogP contribution is 2.15. The molecule has 0 aliphatic rings. The van der Waals surface area contributed by atoms with Crippen LogP contribution in [0.5, 0.6) is 0 Å². The molecule has 0 aliphatic heterocycles. The lowest BCUT2D eigenvalue weighted by Crippen LogP contribution is -2.32. The average Bonchev–Trinajstić information content (AvgIpc) is 2.22. The zero-order chi connectivity index (χ0) is 13.5. The Morgan fingerprint density at radius 1 is 1.47 bits per heavy atom. The lowest BCUT2D eigenvalue weighted by molar-refractivity contribution is -0.191. The summed E-state index contributed by atoms with van der Waals surface area (Å²) in [5.41, 5.74) is -0.240. The first-order valence-corrected chi connectivity index (χ1v) is 7.05. The molecular formula is C13H21IO3. The predicted molar refractivity (Wildman–Crippen MR) is 78.4 cm³/mol. The fourth-order valence-electron chi connectivity index (χ4n) is 1.07. The summed E-state index contributed by atoms with van der Waals surface area (Å²) in [5, 5.41) is 0. The van der Waals surface area contributed by atoms with Crippen LogP contribution in [-0.2, 0) is 14.3 Å². The number of hydrogen-bond donors (Lipinski definition) is 0. The summed E-state index contributed by atoms with van der Waals surface area (Å²) in [6.45, 7) is 11.2. The second-order valence-electron chi connectivity index (χ2n) is 4.62. The van der Waals surface area contributed by atoms with E-state index in [1.54, 1.807) is 6.08 Å². The normalized spacial score (nSPS) is 15.8. The topological polar surface area (TPSA) is 35.5 Å². The molecule has 0 aliphatic carbocycles. The van der Waals surface area contributed by atoms with Gasteiger partial charge >= 0.3 is 0 Å². The molecule has 17 heavy (non-hydrogen) atoms. The van der Waals surface area contributed by atoms with Crippen LogP contribution in [-0.4, -0.2) is 28.2 Å². The average molecular weight is 352 g/mol. The van der Waals surface area contributed by atoms with E-state index in [9.17, 15) is 4.79 Å². The minimum absolute atomic E-state index is 0.122. The highest BCUT2D eigenvalue weighted by Gasteiger charge is 2.19. The molecule has 0 amide bonds. The van der Waals surface area contributed by atoms with Gasteiger partial charge in [0.1, 0.15) is 0 Å². The Bertz CT molecular complexity index is 279. The number of allylic oxidation sites excluding steroid dienone is 2. The third-order valence-corrected chi connectivity index (χ3v) is 2.43. The molecule has 0 aromatic rings. The standard InChI is InChI=1S/C13H21IO3/c1-6-11(15)8-7-10(2)16-12(9-14)17-13(3,4)5/h6-8,10,12H,1,9H2,2-5H3/b8-7+. The summed E-state index contributed by atoms with van der Waals surface area (Å²) < 4.78 is 12.1. The lowest BCUT2D eigenvalue weighted by atomic mass is 10.2. The van der Waals surface area contributed by atoms with Gasteiger partial charge in [-0.05, 0) is 39.8 Å². The smallest absolute Gasteiger partial charge is 0.177 e. The first-order valence-electron chi connectivity index (χ1n) is 5.52. The SMILES string of the molecule is C=CC(=O)/C=C/C(C)OC(CI)OC(C)(C)C. The second-order valence-corrected chi connectivity index (χ2v) is 5.50. The van der Waals surface area contributed by atoms with Gasteiger partial charge in [0, 0.05) is 0 Å². The van der Waals surface area contributed by atoms with Crippen LogP contribution in [0.3, 0.4) is 0 Å². The molecule has 4 heteroatoms. The fourth-order valence-corrected chi connectivity index (χ4v) is 1.46. The largest absolute Gasteiger partial charge is 0.346 e. The number of alkyl halides is 1. The van der Waals surface area contributed by atoms with Gasteiger partial charge in [0.2, 0.25) is 0 Å². The van der Waals surface area contributed by atoms with E-state index in [1.165, 1.54) is 12.2 Å². The molecule has 0 spiro atoms. The highest BCUT2D eigenvalue weighted by atomic mass is 127. The number of hydrogen-bond acceptors (Lipinski definition) is 3. The molecule has 0 bridgehead atoms. The number of ether oxygens (including phenoxy) is 2. The maximum Gasteiger partial charge on any atom is 0.177 e. The summed E-state index contributed by atoms with van der Waals surface area (Å²) in [4.78, 5) is 11.0. The summed E-state index contributed by atoms with van der Waals surface area (Å²) in [5.74, 6) is -0.122. The highest BCUT2D eigenvalue weighted by molar-refractivity contribution is 14.1. The summed E-state index contributed by atoms with van der Waals surface area (Å²) in [6.07, 6.45) is 3.99. The molecule has 0 aromatic carbocycles. The van der Waals surface area contributed by atoms with E-state index < -0.39 is 0 Å². The zero-order valence-corrected chi connectivity index (χ0v) is 13.1. The van der Waals surface area contributed by atoms with Crippen molar-refractivity contribution in [3.05, 3.63) is 24.8 Å². The van der Waals surface area contributed by atoms with E-state index in [0.717, 1.165) is 4.43 Å². The molecule has 0 rings (SSSR count). The van der Waals surface area contributed by atoms with Crippen LogP contribution in [0.1, 0.15) is 27.7 Å². The Morgan fingerprint density at radius 3 is 2.47 bits per heavy atom. The minimum atomic E-state index is -0.269. The van der Waals surface area contributed by atoms with Gasteiger partial charge in [0.15, 0.2) is 12.1 Å². The van der Waals surface area contributed by atoms with Gasteiger partial charge in [-0.2, -0.15) is 0 Å². The van der Waals surface area contributed by atoms with Crippen LogP contribution in [0, 0.1) is 0 Å². The van der Waals surface area contributed by atoms with Crippen molar-refractivity contribution in [1.29, 1.82) is 0 Å². The monoisotopic (exact) mass is 352 g/mol. The van der Waals surface area contributed by atoms with Crippen molar-refractivity contribution in [2.24, 2.45) is 0 Å². The summed E-state index contributed by atoms with van der Waals surface area (Å²) >= 11 is 2.21. The Hall–Kier alpha value is -0.200. The van der Waals surface area contributed by atoms with Crippen LogP contribution in [0.4, 0.5) is 0 Å². The first-order chi connectivity index (χ1) is 7.78.